The first-order valence-electron chi connectivity index (χ1n) is 9.93. The number of allylic oxidation sites excluding steroid dienone is 1. The van der Waals surface area contributed by atoms with Gasteiger partial charge in [-0.15, -0.1) is 11.8 Å². The minimum atomic E-state index is -4.59. The second-order valence-electron chi connectivity index (χ2n) is 7.17. The van der Waals surface area contributed by atoms with Gasteiger partial charge < -0.3 is 4.74 Å². The Kier molecular flexibility index (Phi) is 7.58. The SMILES string of the molecule is C=C(Cn1nc(C(F)(F)F)cc1-c1ccc(-c2cccc(S(=O)(=O)CC)c2)cc1)OCSC. The molecule has 0 N–H and O–H groups in total. The summed E-state index contributed by atoms with van der Waals surface area (Å²) in [5.74, 6) is 0.628. The molecular weight excluding hydrogens is 473 g/mol. The van der Waals surface area contributed by atoms with E-state index in [1.807, 2.05) is 6.26 Å². The minimum absolute atomic E-state index is 0.00707. The van der Waals surface area contributed by atoms with E-state index in [4.69, 9.17) is 4.74 Å². The maximum atomic E-state index is 13.3. The second kappa shape index (κ2) is 10.0. The van der Waals surface area contributed by atoms with Gasteiger partial charge in [0.15, 0.2) is 15.5 Å². The average Bonchev–Trinajstić information content (AvgIpc) is 3.22. The zero-order valence-electron chi connectivity index (χ0n) is 18.1. The molecule has 0 saturated carbocycles. The van der Waals surface area contributed by atoms with Gasteiger partial charge in [-0.05, 0) is 41.1 Å². The molecule has 1 heterocycles. The molecule has 0 atom stereocenters. The Morgan fingerprint density at radius 2 is 1.76 bits per heavy atom. The second-order valence-corrected chi connectivity index (χ2v) is 10.3. The summed E-state index contributed by atoms with van der Waals surface area (Å²) in [7, 11) is -3.35. The van der Waals surface area contributed by atoms with Gasteiger partial charge in [0.1, 0.15) is 11.7 Å². The smallest absolute Gasteiger partial charge is 0.435 e. The number of hydrogen-bond donors (Lipinski definition) is 0. The highest BCUT2D eigenvalue weighted by molar-refractivity contribution is 7.98. The van der Waals surface area contributed by atoms with Crippen molar-refractivity contribution in [1.82, 2.24) is 9.78 Å². The third-order valence-electron chi connectivity index (χ3n) is 4.86. The largest absolute Gasteiger partial charge is 0.486 e. The van der Waals surface area contributed by atoms with Crippen molar-refractivity contribution in [2.75, 3.05) is 17.9 Å². The summed E-state index contributed by atoms with van der Waals surface area (Å²) in [6.45, 7) is 5.31. The lowest BCUT2D eigenvalue weighted by atomic mass is 10.0. The number of halogens is 3. The molecular formula is C23H23F3N2O3S2. The van der Waals surface area contributed by atoms with Crippen molar-refractivity contribution in [3.8, 4) is 22.4 Å². The summed E-state index contributed by atoms with van der Waals surface area (Å²) in [5.41, 5.74) is 1.22. The van der Waals surface area contributed by atoms with E-state index in [0.717, 1.165) is 11.6 Å². The first-order valence-corrected chi connectivity index (χ1v) is 13.0. The Morgan fingerprint density at radius 3 is 2.36 bits per heavy atom. The average molecular weight is 497 g/mol. The number of alkyl halides is 3. The fourth-order valence-electron chi connectivity index (χ4n) is 3.13. The van der Waals surface area contributed by atoms with E-state index in [-0.39, 0.29) is 22.9 Å². The van der Waals surface area contributed by atoms with Gasteiger partial charge in [-0.1, -0.05) is 49.9 Å². The highest BCUT2D eigenvalue weighted by atomic mass is 32.2. The summed E-state index contributed by atoms with van der Waals surface area (Å²) in [4.78, 5) is 0.225. The van der Waals surface area contributed by atoms with Crippen LogP contribution in [0, 0.1) is 0 Å². The lowest BCUT2D eigenvalue weighted by molar-refractivity contribution is -0.141. The maximum Gasteiger partial charge on any atom is 0.435 e. The number of ether oxygens (including phenoxy) is 1. The maximum absolute atomic E-state index is 13.3. The molecule has 3 aromatic rings. The summed E-state index contributed by atoms with van der Waals surface area (Å²) < 4.78 is 70.9. The molecule has 0 aliphatic carbocycles. The number of sulfone groups is 1. The third kappa shape index (κ3) is 6.00. The predicted molar refractivity (Wildman–Crippen MR) is 124 cm³/mol. The van der Waals surface area contributed by atoms with Crippen molar-refractivity contribution in [1.29, 1.82) is 0 Å². The number of nitrogens with zero attached hydrogens (tertiary/aromatic N) is 2. The molecule has 176 valence electrons. The first kappa shape index (κ1) is 24.9. The number of thioether (sulfide) groups is 1. The normalized spacial score (nSPS) is 12.0. The Hall–Kier alpha value is -2.72. The van der Waals surface area contributed by atoms with Crippen LogP contribution in [0.2, 0.25) is 0 Å². The van der Waals surface area contributed by atoms with Crippen molar-refractivity contribution >= 4 is 21.6 Å². The molecule has 0 amide bonds. The van der Waals surface area contributed by atoms with Gasteiger partial charge in [-0.3, -0.25) is 4.68 Å². The fraction of sp³-hybridized carbons (Fsp3) is 0.261. The van der Waals surface area contributed by atoms with Crippen molar-refractivity contribution in [2.24, 2.45) is 0 Å². The van der Waals surface area contributed by atoms with Crippen molar-refractivity contribution in [2.45, 2.75) is 24.5 Å². The van der Waals surface area contributed by atoms with Crippen molar-refractivity contribution in [3.63, 3.8) is 0 Å². The number of benzene rings is 2. The number of rotatable bonds is 9. The van der Waals surface area contributed by atoms with Crippen LogP contribution >= 0.6 is 11.8 Å². The van der Waals surface area contributed by atoms with Gasteiger partial charge in [0.2, 0.25) is 0 Å². The zero-order chi connectivity index (χ0) is 24.2. The van der Waals surface area contributed by atoms with E-state index >= 15 is 0 Å². The molecule has 0 aliphatic rings. The van der Waals surface area contributed by atoms with Crippen LogP contribution in [0.1, 0.15) is 12.6 Å². The summed E-state index contributed by atoms with van der Waals surface area (Å²) >= 11 is 1.42. The molecule has 0 fully saturated rings. The molecule has 0 spiro atoms. The van der Waals surface area contributed by atoms with Gasteiger partial charge in [0.25, 0.3) is 0 Å². The number of hydrogen-bond acceptors (Lipinski definition) is 5. The molecule has 1 aromatic heterocycles. The van der Waals surface area contributed by atoms with E-state index < -0.39 is 21.7 Å². The summed E-state index contributed by atoms with van der Waals surface area (Å²) in [6, 6.07) is 14.4. The van der Waals surface area contributed by atoms with Crippen molar-refractivity contribution in [3.05, 3.63) is 72.6 Å². The molecule has 3 rings (SSSR count). The van der Waals surface area contributed by atoms with Gasteiger partial charge in [0.05, 0.1) is 22.9 Å². The molecule has 0 unspecified atom stereocenters. The van der Waals surface area contributed by atoms with Gasteiger partial charge in [-0.25, -0.2) is 8.42 Å². The van der Waals surface area contributed by atoms with Crippen LogP contribution in [-0.4, -0.2) is 36.1 Å². The van der Waals surface area contributed by atoms with Crippen LogP contribution in [0.5, 0.6) is 0 Å². The van der Waals surface area contributed by atoms with Crippen molar-refractivity contribution < 1.29 is 26.3 Å². The Morgan fingerprint density at radius 1 is 1.09 bits per heavy atom. The van der Waals surface area contributed by atoms with E-state index in [1.54, 1.807) is 55.5 Å². The molecule has 0 radical (unpaired) electrons. The molecule has 5 nitrogen and oxygen atoms in total. The molecule has 2 aromatic carbocycles. The summed E-state index contributed by atoms with van der Waals surface area (Å²) in [5, 5.41) is 3.71. The standard InChI is InChI=1S/C23H23F3N2O3S2/c1-4-33(29,30)20-7-5-6-19(12-20)17-8-10-18(11-9-17)21-13-22(23(24,25)26)27-28(21)14-16(2)31-15-32-3/h5-13H,2,4,14-15H2,1,3H3. The van der Waals surface area contributed by atoms with Gasteiger partial charge in [-0.2, -0.15) is 18.3 Å². The zero-order valence-corrected chi connectivity index (χ0v) is 19.7. The highest BCUT2D eigenvalue weighted by Gasteiger charge is 2.35. The van der Waals surface area contributed by atoms with Crippen LogP contribution in [0.4, 0.5) is 13.2 Å². The molecule has 0 bridgehead atoms. The quantitative estimate of drug-likeness (QED) is 0.273. The lowest BCUT2D eigenvalue weighted by Crippen LogP contribution is -2.10. The predicted octanol–water partition coefficient (Wildman–Crippen LogP) is 5.88. The Labute approximate surface area is 195 Å². The minimum Gasteiger partial charge on any atom is -0.486 e. The van der Waals surface area contributed by atoms with E-state index in [0.29, 0.717) is 22.8 Å². The van der Waals surface area contributed by atoms with Crippen LogP contribution < -0.4 is 0 Å². The summed E-state index contributed by atoms with van der Waals surface area (Å²) in [6.07, 6.45) is -2.75. The fourth-order valence-corrected chi connectivity index (χ4v) is 4.34. The Bertz CT molecular complexity index is 1230. The molecule has 0 aliphatic heterocycles. The van der Waals surface area contributed by atoms with Gasteiger partial charge >= 0.3 is 6.18 Å². The first-order chi connectivity index (χ1) is 15.5. The third-order valence-corrected chi connectivity index (χ3v) is 6.95. The Balaban J connectivity index is 1.95. The lowest BCUT2D eigenvalue weighted by Gasteiger charge is -2.11. The van der Waals surface area contributed by atoms with Crippen LogP contribution in [0.3, 0.4) is 0 Å². The van der Waals surface area contributed by atoms with Crippen LogP contribution in [0.25, 0.3) is 22.4 Å². The number of aromatic nitrogens is 2. The van der Waals surface area contributed by atoms with Crippen LogP contribution in [-0.2, 0) is 27.3 Å². The monoisotopic (exact) mass is 496 g/mol. The van der Waals surface area contributed by atoms with Crippen LogP contribution in [0.15, 0.2) is 71.8 Å². The van der Waals surface area contributed by atoms with E-state index in [2.05, 4.69) is 11.7 Å². The molecule has 10 heteroatoms. The molecule has 0 saturated heterocycles. The highest BCUT2D eigenvalue weighted by Crippen LogP contribution is 2.33. The van der Waals surface area contributed by atoms with E-state index in [9.17, 15) is 21.6 Å². The topological polar surface area (TPSA) is 61.2 Å². The molecule has 33 heavy (non-hydrogen) atoms. The van der Waals surface area contributed by atoms with Gasteiger partial charge in [0, 0.05) is 0 Å². The van der Waals surface area contributed by atoms with E-state index in [1.165, 1.54) is 16.4 Å².